The lowest BCUT2D eigenvalue weighted by atomic mass is 10.2. The van der Waals surface area contributed by atoms with E-state index in [0.29, 0.717) is 0 Å². The van der Waals surface area contributed by atoms with Crippen LogP contribution in [0.15, 0.2) is 28.9 Å². The summed E-state index contributed by atoms with van der Waals surface area (Å²) >= 11 is 0. The molecule has 4 nitrogen and oxygen atoms in total. The van der Waals surface area contributed by atoms with Gasteiger partial charge >= 0.3 is 5.97 Å². The van der Waals surface area contributed by atoms with Gasteiger partial charge in [-0.15, -0.1) is 0 Å². The van der Waals surface area contributed by atoms with Crippen molar-refractivity contribution in [2.24, 2.45) is 4.99 Å². The van der Waals surface area contributed by atoms with Gasteiger partial charge in [-0.3, -0.25) is 0 Å². The Balaban J connectivity index is 4.85. The van der Waals surface area contributed by atoms with Crippen molar-refractivity contribution in [3.05, 3.63) is 23.9 Å². The largest absolute Gasteiger partial charge is 0.480 e. The fourth-order valence-electron chi connectivity index (χ4n) is 0.713. The van der Waals surface area contributed by atoms with Crippen LogP contribution in [0.4, 0.5) is 0 Å². The molecule has 0 aromatic rings. The van der Waals surface area contributed by atoms with Crippen molar-refractivity contribution in [1.29, 1.82) is 0 Å². The molecule has 0 bridgehead atoms. The number of carboxylic acids is 1. The van der Waals surface area contributed by atoms with E-state index < -0.39 is 5.97 Å². The Labute approximate surface area is 77.2 Å². The summed E-state index contributed by atoms with van der Waals surface area (Å²) in [6.07, 6.45) is 4.60. The van der Waals surface area contributed by atoms with E-state index in [1.807, 2.05) is 0 Å². The topological polar surface area (TPSA) is 58.9 Å². The summed E-state index contributed by atoms with van der Waals surface area (Å²) < 4.78 is 4.82. The Morgan fingerprint density at radius 1 is 1.46 bits per heavy atom. The summed E-state index contributed by atoms with van der Waals surface area (Å²) in [5.41, 5.74) is 0.0561. The number of hydrogen-bond donors (Lipinski definition) is 1. The van der Waals surface area contributed by atoms with Crippen LogP contribution < -0.4 is 0 Å². The van der Waals surface area contributed by atoms with Gasteiger partial charge in [-0.05, 0) is 13.8 Å². The molecule has 0 aromatic carbocycles. The first kappa shape index (κ1) is 11.4. The average Bonchev–Trinajstić information content (AvgIpc) is 2.11. The Hall–Kier alpha value is -1.58. The van der Waals surface area contributed by atoms with Crippen molar-refractivity contribution < 1.29 is 14.6 Å². The van der Waals surface area contributed by atoms with Crippen LogP contribution in [-0.2, 0) is 9.53 Å². The molecule has 0 saturated carbocycles. The van der Waals surface area contributed by atoms with Gasteiger partial charge < -0.3 is 9.84 Å². The molecule has 4 heteroatoms. The Morgan fingerprint density at radius 2 is 2.08 bits per heavy atom. The zero-order valence-electron chi connectivity index (χ0n) is 7.94. The van der Waals surface area contributed by atoms with Gasteiger partial charge in [-0.2, -0.15) is 0 Å². The molecule has 72 valence electrons. The van der Waals surface area contributed by atoms with Crippen LogP contribution >= 0.6 is 0 Å². The van der Waals surface area contributed by atoms with Crippen LogP contribution in [0.5, 0.6) is 0 Å². The van der Waals surface area contributed by atoms with Gasteiger partial charge in [-0.1, -0.05) is 12.2 Å². The summed E-state index contributed by atoms with van der Waals surface area (Å²) in [5, 5.41) is 8.72. The molecule has 1 N–H and O–H groups in total. The van der Waals surface area contributed by atoms with Gasteiger partial charge in [-0.25, -0.2) is 9.79 Å². The lowest BCUT2D eigenvalue weighted by Gasteiger charge is -2.02. The Morgan fingerprint density at radius 3 is 2.38 bits per heavy atom. The van der Waals surface area contributed by atoms with E-state index in [1.165, 1.54) is 19.4 Å². The molecule has 0 heterocycles. The lowest BCUT2D eigenvalue weighted by Crippen LogP contribution is -2.13. The summed E-state index contributed by atoms with van der Waals surface area (Å²) in [5.74, 6) is -0.944. The number of ether oxygens (including phenoxy) is 1. The van der Waals surface area contributed by atoms with Crippen molar-refractivity contribution in [2.75, 3.05) is 7.11 Å². The molecule has 0 radical (unpaired) electrons. The number of hydrogen-bond acceptors (Lipinski definition) is 3. The molecular formula is C9H13NO3. The van der Waals surface area contributed by atoms with E-state index in [0.717, 1.165) is 0 Å². The van der Waals surface area contributed by atoms with Gasteiger partial charge in [0, 0.05) is 6.20 Å². The van der Waals surface area contributed by atoms with Crippen LogP contribution in [-0.4, -0.2) is 24.1 Å². The Bertz CT molecular complexity index is 264. The van der Waals surface area contributed by atoms with E-state index in [4.69, 9.17) is 9.84 Å². The predicted octanol–water partition coefficient (Wildman–Crippen LogP) is 1.60. The lowest BCUT2D eigenvalue weighted by molar-refractivity contribution is -0.132. The van der Waals surface area contributed by atoms with Crippen LogP contribution in [0, 0.1) is 0 Å². The standard InChI is InChI=1S/C9H13NO3/c1-4-6-10-8(13-3)7(5-2)9(11)12/h4-6H,1-3H3,(H,11,12)/b6-4-,7-5+,10-8+. The smallest absolute Gasteiger partial charge is 0.340 e. The monoisotopic (exact) mass is 183 g/mol. The second-order valence-electron chi connectivity index (χ2n) is 2.13. The number of carbonyl (C=O) groups is 1. The summed E-state index contributed by atoms with van der Waals surface area (Å²) in [4.78, 5) is 14.5. The third-order valence-corrected chi connectivity index (χ3v) is 1.28. The highest BCUT2D eigenvalue weighted by Crippen LogP contribution is 2.00. The third kappa shape index (κ3) is 3.55. The Kier molecular flexibility index (Phi) is 5.27. The first-order valence-electron chi connectivity index (χ1n) is 3.80. The maximum atomic E-state index is 10.6. The van der Waals surface area contributed by atoms with Gasteiger partial charge in [0.1, 0.15) is 5.57 Å². The van der Waals surface area contributed by atoms with E-state index in [-0.39, 0.29) is 11.5 Å². The van der Waals surface area contributed by atoms with Gasteiger partial charge in [0.05, 0.1) is 7.11 Å². The van der Waals surface area contributed by atoms with Crippen LogP contribution in [0.25, 0.3) is 0 Å². The number of rotatable bonds is 3. The molecule has 0 saturated heterocycles. The van der Waals surface area contributed by atoms with Crippen molar-refractivity contribution >= 4 is 11.9 Å². The fourth-order valence-corrected chi connectivity index (χ4v) is 0.713. The summed E-state index contributed by atoms with van der Waals surface area (Å²) in [6, 6.07) is 0. The first-order valence-corrected chi connectivity index (χ1v) is 3.80. The minimum atomic E-state index is -1.05. The van der Waals surface area contributed by atoms with Crippen LogP contribution in [0.2, 0.25) is 0 Å². The van der Waals surface area contributed by atoms with E-state index in [2.05, 4.69) is 4.99 Å². The van der Waals surface area contributed by atoms with Crippen LogP contribution in [0.1, 0.15) is 13.8 Å². The second-order valence-corrected chi connectivity index (χ2v) is 2.13. The van der Waals surface area contributed by atoms with Crippen molar-refractivity contribution in [3.8, 4) is 0 Å². The molecule has 0 spiro atoms. The molecule has 13 heavy (non-hydrogen) atoms. The third-order valence-electron chi connectivity index (χ3n) is 1.28. The van der Waals surface area contributed by atoms with Gasteiger partial charge in [0.2, 0.25) is 5.90 Å². The SMILES string of the molecule is C\C=C/N=C(OC)\C(=C/C)C(=O)O. The van der Waals surface area contributed by atoms with Crippen molar-refractivity contribution in [1.82, 2.24) is 0 Å². The zero-order chi connectivity index (χ0) is 10.3. The minimum absolute atomic E-state index is 0.0561. The van der Waals surface area contributed by atoms with E-state index >= 15 is 0 Å². The molecular weight excluding hydrogens is 170 g/mol. The molecule has 0 unspecified atom stereocenters. The molecule has 0 fully saturated rings. The highest BCUT2D eigenvalue weighted by Gasteiger charge is 2.13. The highest BCUT2D eigenvalue weighted by atomic mass is 16.5. The van der Waals surface area contributed by atoms with Crippen LogP contribution in [0.3, 0.4) is 0 Å². The first-order chi connectivity index (χ1) is 6.17. The molecule has 0 atom stereocenters. The summed E-state index contributed by atoms with van der Waals surface area (Å²) in [6.45, 7) is 3.40. The minimum Gasteiger partial charge on any atom is -0.480 e. The maximum Gasteiger partial charge on any atom is 0.340 e. The average molecular weight is 183 g/mol. The number of aliphatic imine (C=N–C) groups is 1. The molecule has 0 aromatic heterocycles. The number of nitrogens with zero attached hydrogens (tertiary/aromatic N) is 1. The van der Waals surface area contributed by atoms with Crippen molar-refractivity contribution in [2.45, 2.75) is 13.8 Å². The van der Waals surface area contributed by atoms with E-state index in [9.17, 15) is 4.79 Å². The predicted molar refractivity (Wildman–Crippen MR) is 50.7 cm³/mol. The quantitative estimate of drug-likeness (QED) is 0.410. The van der Waals surface area contributed by atoms with Gasteiger partial charge in [0.25, 0.3) is 0 Å². The fraction of sp³-hybridized carbons (Fsp3) is 0.333. The number of allylic oxidation sites excluding steroid dienone is 2. The number of carboxylic acid groups (broad SMARTS) is 1. The molecule has 0 aliphatic rings. The maximum absolute atomic E-state index is 10.6. The molecule has 0 aliphatic carbocycles. The van der Waals surface area contributed by atoms with Crippen molar-refractivity contribution in [3.63, 3.8) is 0 Å². The molecule has 0 aliphatic heterocycles. The second kappa shape index (κ2) is 5.99. The normalized spacial score (nSPS) is 13.5. The highest BCUT2D eigenvalue weighted by molar-refractivity contribution is 6.15. The molecule has 0 amide bonds. The molecule has 0 rings (SSSR count). The summed E-state index contributed by atoms with van der Waals surface area (Å²) in [7, 11) is 1.38. The number of aliphatic carboxylic acids is 1. The van der Waals surface area contributed by atoms with E-state index in [1.54, 1.807) is 19.9 Å². The zero-order valence-corrected chi connectivity index (χ0v) is 7.94. The number of methoxy groups -OCH3 is 1. The van der Waals surface area contributed by atoms with Gasteiger partial charge in [0.15, 0.2) is 0 Å².